The van der Waals surface area contributed by atoms with Gasteiger partial charge in [-0.05, 0) is 63.6 Å². The topological polar surface area (TPSA) is 105 Å². The van der Waals surface area contributed by atoms with Gasteiger partial charge in [0.25, 0.3) is 5.91 Å². The van der Waals surface area contributed by atoms with Gasteiger partial charge in [0.2, 0.25) is 11.8 Å². The van der Waals surface area contributed by atoms with Crippen LogP contribution in [0.2, 0.25) is 0 Å². The molecule has 2 aliphatic rings. The number of ether oxygens (including phenoxy) is 1. The van der Waals surface area contributed by atoms with Crippen molar-refractivity contribution in [2.45, 2.75) is 77.5 Å². The molecule has 4 amide bonds. The van der Waals surface area contributed by atoms with Crippen LogP contribution >= 0.6 is 0 Å². The number of fused-ring (bicyclic) bond motifs is 1. The fraction of sp³-hybridized carbons (Fsp3) is 0.565. The molecule has 2 N–H and O–H groups in total. The lowest BCUT2D eigenvalue weighted by Gasteiger charge is -2.29. The molecule has 1 aromatic rings. The molecule has 1 atom stereocenters. The highest BCUT2D eigenvalue weighted by Crippen LogP contribution is 2.30. The number of benzene rings is 1. The van der Waals surface area contributed by atoms with Gasteiger partial charge in [-0.25, -0.2) is 4.79 Å². The zero-order valence-corrected chi connectivity index (χ0v) is 18.5. The molecular formula is C23H31N3O5. The summed E-state index contributed by atoms with van der Waals surface area (Å²) in [7, 11) is 0. The Kier molecular flexibility index (Phi) is 6.97. The third kappa shape index (κ3) is 5.83. The van der Waals surface area contributed by atoms with E-state index in [0.29, 0.717) is 25.1 Å². The highest BCUT2D eigenvalue weighted by molar-refractivity contribution is 6.05. The monoisotopic (exact) mass is 429 g/mol. The average molecular weight is 430 g/mol. The molecule has 0 spiro atoms. The maximum absolute atomic E-state index is 12.9. The minimum Gasteiger partial charge on any atom is -0.444 e. The minimum absolute atomic E-state index is 0.145. The van der Waals surface area contributed by atoms with Crippen LogP contribution in [-0.2, 0) is 27.3 Å². The standard InChI is InChI=1S/C23H31N3O5/c1-23(2,3)31-22(30)24-13-6-4-5-8-15-9-7-10-16-17(15)14-26(21(16)29)18-11-12-19(27)25-20(18)28/h7,9-10,18H,4-6,8,11-14H2,1-3H3,(H,24,30)(H,25,27,28). The van der Waals surface area contributed by atoms with Crippen molar-refractivity contribution >= 4 is 23.8 Å². The molecule has 0 saturated carbocycles. The van der Waals surface area contributed by atoms with Gasteiger partial charge in [0.15, 0.2) is 0 Å². The van der Waals surface area contributed by atoms with E-state index >= 15 is 0 Å². The summed E-state index contributed by atoms with van der Waals surface area (Å²) in [6.07, 6.45) is 3.75. The van der Waals surface area contributed by atoms with E-state index < -0.39 is 23.6 Å². The molecule has 31 heavy (non-hydrogen) atoms. The van der Waals surface area contributed by atoms with Gasteiger partial charge in [0.05, 0.1) is 0 Å². The van der Waals surface area contributed by atoms with Crippen molar-refractivity contribution < 1.29 is 23.9 Å². The third-order valence-electron chi connectivity index (χ3n) is 5.47. The number of carbonyl (C=O) groups is 4. The van der Waals surface area contributed by atoms with E-state index in [1.165, 1.54) is 0 Å². The largest absolute Gasteiger partial charge is 0.444 e. The van der Waals surface area contributed by atoms with Gasteiger partial charge in [0, 0.05) is 25.1 Å². The number of alkyl carbamates (subject to hydrolysis) is 1. The lowest BCUT2D eigenvalue weighted by atomic mass is 9.98. The molecule has 3 rings (SSSR count). The van der Waals surface area contributed by atoms with Gasteiger partial charge in [-0.15, -0.1) is 0 Å². The van der Waals surface area contributed by atoms with Gasteiger partial charge in [-0.3, -0.25) is 19.7 Å². The number of carbonyl (C=O) groups excluding carboxylic acids is 4. The molecule has 168 valence electrons. The van der Waals surface area contributed by atoms with E-state index in [2.05, 4.69) is 10.6 Å². The second-order valence-corrected chi connectivity index (χ2v) is 9.08. The average Bonchev–Trinajstić information content (AvgIpc) is 3.00. The Labute approximate surface area is 182 Å². The molecule has 1 fully saturated rings. The van der Waals surface area contributed by atoms with Crippen molar-refractivity contribution in [3.05, 3.63) is 34.9 Å². The number of imide groups is 1. The Morgan fingerprint density at radius 3 is 2.68 bits per heavy atom. The Hall–Kier alpha value is -2.90. The van der Waals surface area contributed by atoms with Crippen LogP contribution in [0.5, 0.6) is 0 Å². The Bertz CT molecular complexity index is 874. The number of nitrogens with one attached hydrogen (secondary N) is 2. The zero-order valence-electron chi connectivity index (χ0n) is 18.5. The fourth-order valence-corrected chi connectivity index (χ4v) is 4.01. The number of unbranched alkanes of at least 4 members (excludes halogenated alkanes) is 2. The molecule has 0 aromatic heterocycles. The number of hydrogen-bond acceptors (Lipinski definition) is 5. The van der Waals surface area contributed by atoms with Crippen LogP contribution in [0.3, 0.4) is 0 Å². The number of nitrogens with zero attached hydrogens (tertiary/aromatic N) is 1. The van der Waals surface area contributed by atoms with Crippen molar-refractivity contribution in [3.8, 4) is 0 Å². The number of piperidine rings is 1. The predicted octanol–water partition coefficient (Wildman–Crippen LogP) is 2.69. The molecule has 8 nitrogen and oxygen atoms in total. The number of hydrogen-bond donors (Lipinski definition) is 2. The Morgan fingerprint density at radius 2 is 1.97 bits per heavy atom. The first kappa shape index (κ1) is 22.8. The summed E-state index contributed by atoms with van der Waals surface area (Å²) in [6.45, 7) is 6.45. The Morgan fingerprint density at radius 1 is 1.19 bits per heavy atom. The summed E-state index contributed by atoms with van der Waals surface area (Å²) < 4.78 is 5.21. The van der Waals surface area contributed by atoms with Crippen LogP contribution in [0.4, 0.5) is 4.79 Å². The van der Waals surface area contributed by atoms with E-state index in [-0.39, 0.29) is 18.2 Å². The van der Waals surface area contributed by atoms with E-state index in [9.17, 15) is 19.2 Å². The van der Waals surface area contributed by atoms with Crippen LogP contribution in [0, 0.1) is 0 Å². The number of aryl methyl sites for hydroxylation is 1. The lowest BCUT2D eigenvalue weighted by molar-refractivity contribution is -0.136. The van der Waals surface area contributed by atoms with Crippen LogP contribution < -0.4 is 10.6 Å². The van der Waals surface area contributed by atoms with Gasteiger partial charge in [-0.2, -0.15) is 0 Å². The highest BCUT2D eigenvalue weighted by atomic mass is 16.6. The van der Waals surface area contributed by atoms with Crippen molar-refractivity contribution in [3.63, 3.8) is 0 Å². The maximum atomic E-state index is 12.9. The smallest absolute Gasteiger partial charge is 0.407 e. The lowest BCUT2D eigenvalue weighted by Crippen LogP contribution is -2.52. The maximum Gasteiger partial charge on any atom is 0.407 e. The molecule has 0 aliphatic carbocycles. The van der Waals surface area contributed by atoms with Gasteiger partial charge in [0.1, 0.15) is 11.6 Å². The second kappa shape index (κ2) is 9.49. The first-order valence-corrected chi connectivity index (χ1v) is 10.9. The minimum atomic E-state index is -0.593. The third-order valence-corrected chi connectivity index (χ3v) is 5.47. The zero-order chi connectivity index (χ0) is 22.6. The molecule has 0 bridgehead atoms. The first-order chi connectivity index (χ1) is 14.7. The molecule has 1 saturated heterocycles. The number of amides is 4. The molecule has 0 radical (unpaired) electrons. The molecule has 2 heterocycles. The SMILES string of the molecule is CC(C)(C)OC(=O)NCCCCCc1cccc2c1CN(C1CCC(=O)NC1=O)C2=O. The summed E-state index contributed by atoms with van der Waals surface area (Å²) in [5.41, 5.74) is 2.23. The van der Waals surface area contributed by atoms with E-state index in [1.807, 2.05) is 32.9 Å². The molecule has 1 aromatic carbocycles. The normalized spacial score (nSPS) is 18.6. The summed E-state index contributed by atoms with van der Waals surface area (Å²) in [4.78, 5) is 49.7. The summed E-state index contributed by atoms with van der Waals surface area (Å²) >= 11 is 0. The van der Waals surface area contributed by atoms with Crippen LogP contribution in [0.25, 0.3) is 0 Å². The summed E-state index contributed by atoms with van der Waals surface area (Å²) in [5, 5.41) is 5.09. The van der Waals surface area contributed by atoms with E-state index in [4.69, 9.17) is 4.74 Å². The second-order valence-electron chi connectivity index (χ2n) is 9.08. The summed E-state index contributed by atoms with van der Waals surface area (Å²) in [5.74, 6) is -0.823. The molecule has 8 heteroatoms. The van der Waals surface area contributed by atoms with Crippen LogP contribution in [0.1, 0.15) is 74.4 Å². The van der Waals surface area contributed by atoms with Gasteiger partial charge < -0.3 is 15.0 Å². The van der Waals surface area contributed by atoms with Crippen molar-refractivity contribution in [1.29, 1.82) is 0 Å². The highest BCUT2D eigenvalue weighted by Gasteiger charge is 2.39. The van der Waals surface area contributed by atoms with Crippen LogP contribution in [0.15, 0.2) is 18.2 Å². The van der Waals surface area contributed by atoms with Crippen LogP contribution in [-0.4, -0.2) is 46.9 Å². The molecular weight excluding hydrogens is 398 g/mol. The van der Waals surface area contributed by atoms with E-state index in [0.717, 1.165) is 36.8 Å². The fourth-order valence-electron chi connectivity index (χ4n) is 4.01. The molecule has 1 unspecified atom stereocenters. The number of rotatable bonds is 7. The van der Waals surface area contributed by atoms with Crippen molar-refractivity contribution in [2.75, 3.05) is 6.54 Å². The van der Waals surface area contributed by atoms with Gasteiger partial charge in [-0.1, -0.05) is 18.6 Å². The van der Waals surface area contributed by atoms with Gasteiger partial charge >= 0.3 is 6.09 Å². The first-order valence-electron chi connectivity index (χ1n) is 10.9. The van der Waals surface area contributed by atoms with E-state index in [1.54, 1.807) is 11.0 Å². The van der Waals surface area contributed by atoms with Crippen molar-refractivity contribution in [2.24, 2.45) is 0 Å². The summed E-state index contributed by atoms with van der Waals surface area (Å²) in [6, 6.07) is 5.12. The molecule has 2 aliphatic heterocycles. The Balaban J connectivity index is 1.49. The quantitative estimate of drug-likeness (QED) is 0.512. The van der Waals surface area contributed by atoms with Crippen molar-refractivity contribution in [1.82, 2.24) is 15.5 Å². The predicted molar refractivity (Wildman–Crippen MR) is 114 cm³/mol.